The topological polar surface area (TPSA) is 72.8 Å². The van der Waals surface area contributed by atoms with Gasteiger partial charge in [0.25, 0.3) is 0 Å². The van der Waals surface area contributed by atoms with E-state index in [9.17, 15) is 14.7 Å². The van der Waals surface area contributed by atoms with Gasteiger partial charge in [0, 0.05) is 12.8 Å². The number of aliphatic hydroxyl groups excluding tert-OH is 1. The number of esters is 2. The second-order valence-electron chi connectivity index (χ2n) is 13.0. The van der Waals surface area contributed by atoms with Crippen LogP contribution in [-0.4, -0.2) is 36.4 Å². The molecule has 0 saturated carbocycles. The normalized spacial score (nSPS) is 12.8. The largest absolute Gasteiger partial charge is 0.462 e. The van der Waals surface area contributed by atoms with Gasteiger partial charge in [-0.15, -0.1) is 0 Å². The van der Waals surface area contributed by atoms with Crippen LogP contribution in [-0.2, 0) is 19.1 Å². The van der Waals surface area contributed by atoms with Gasteiger partial charge in [-0.2, -0.15) is 0 Å². The summed E-state index contributed by atoms with van der Waals surface area (Å²) in [5.41, 5.74) is 0. The maximum absolute atomic E-state index is 12.2. The summed E-state index contributed by atoms with van der Waals surface area (Å²) in [5.74, 6) is -0.664. The highest BCUT2D eigenvalue weighted by atomic mass is 16.6. The molecule has 0 spiro atoms. The minimum Gasteiger partial charge on any atom is -0.462 e. The van der Waals surface area contributed by atoms with E-state index in [-0.39, 0.29) is 25.2 Å². The molecule has 0 radical (unpaired) electrons. The van der Waals surface area contributed by atoms with Crippen molar-refractivity contribution in [2.45, 2.75) is 187 Å². The number of aliphatic hydroxyl groups is 1. The molecular formula is C43H74O5. The summed E-state index contributed by atoms with van der Waals surface area (Å²) in [6.45, 7) is 4.05. The van der Waals surface area contributed by atoms with Crippen LogP contribution in [0.5, 0.6) is 0 Å². The van der Waals surface area contributed by atoms with Crippen LogP contribution in [0, 0.1) is 0 Å². The van der Waals surface area contributed by atoms with Crippen molar-refractivity contribution >= 4 is 11.9 Å². The van der Waals surface area contributed by atoms with E-state index in [4.69, 9.17) is 9.47 Å². The molecule has 0 heterocycles. The molecule has 48 heavy (non-hydrogen) atoms. The van der Waals surface area contributed by atoms with Crippen LogP contribution in [0.25, 0.3) is 0 Å². The lowest BCUT2D eigenvalue weighted by atomic mass is 10.1. The Morgan fingerprint density at radius 3 is 1.38 bits per heavy atom. The molecule has 0 saturated heterocycles. The van der Waals surface area contributed by atoms with Crippen molar-refractivity contribution in [3.8, 4) is 0 Å². The van der Waals surface area contributed by atoms with Crippen molar-refractivity contribution in [3.05, 3.63) is 60.8 Å². The first kappa shape index (κ1) is 45.6. The minimum absolute atomic E-state index is 0.0976. The molecule has 0 aliphatic heterocycles. The number of ether oxygens (including phenoxy) is 2. The number of carbonyl (C=O) groups is 2. The van der Waals surface area contributed by atoms with E-state index in [1.165, 1.54) is 103 Å². The monoisotopic (exact) mass is 671 g/mol. The Hall–Kier alpha value is -2.40. The Labute approximate surface area is 296 Å². The smallest absolute Gasteiger partial charge is 0.306 e. The molecule has 1 unspecified atom stereocenters. The molecule has 0 fully saturated rings. The first-order chi connectivity index (χ1) is 23.6. The molecule has 5 nitrogen and oxygen atoms in total. The highest BCUT2D eigenvalue weighted by Crippen LogP contribution is 2.12. The van der Waals surface area contributed by atoms with Crippen LogP contribution in [0.4, 0.5) is 0 Å². The van der Waals surface area contributed by atoms with Crippen molar-refractivity contribution in [2.75, 3.05) is 13.2 Å². The van der Waals surface area contributed by atoms with E-state index in [1.807, 2.05) is 0 Å². The lowest BCUT2D eigenvalue weighted by Crippen LogP contribution is -2.28. The molecular weight excluding hydrogens is 596 g/mol. The third-order valence-electron chi connectivity index (χ3n) is 8.28. The number of unbranched alkanes of at least 4 members (excludes halogenated alkanes) is 17. The Kier molecular flexibility index (Phi) is 37.1. The third kappa shape index (κ3) is 36.4. The summed E-state index contributed by atoms with van der Waals surface area (Å²) in [6, 6.07) is 0. The molecule has 0 aromatic rings. The van der Waals surface area contributed by atoms with Crippen molar-refractivity contribution in [2.24, 2.45) is 0 Å². The number of carbonyl (C=O) groups excluding carboxylic acids is 2. The molecule has 0 rings (SSSR count). The summed E-state index contributed by atoms with van der Waals surface area (Å²) in [6.07, 6.45) is 50.0. The summed E-state index contributed by atoms with van der Waals surface area (Å²) < 4.78 is 10.6. The summed E-state index contributed by atoms with van der Waals surface area (Å²) >= 11 is 0. The first-order valence-electron chi connectivity index (χ1n) is 19.8. The van der Waals surface area contributed by atoms with E-state index >= 15 is 0 Å². The minimum atomic E-state index is -0.796. The Morgan fingerprint density at radius 2 is 0.854 bits per heavy atom. The van der Waals surface area contributed by atoms with Crippen LogP contribution >= 0.6 is 0 Å². The van der Waals surface area contributed by atoms with Crippen molar-refractivity contribution in [1.29, 1.82) is 0 Å². The van der Waals surface area contributed by atoms with Crippen LogP contribution in [0.2, 0.25) is 0 Å². The van der Waals surface area contributed by atoms with Gasteiger partial charge in [-0.3, -0.25) is 9.59 Å². The van der Waals surface area contributed by atoms with Gasteiger partial charge in [0.2, 0.25) is 0 Å². The zero-order chi connectivity index (χ0) is 35.0. The van der Waals surface area contributed by atoms with Gasteiger partial charge in [-0.1, -0.05) is 152 Å². The van der Waals surface area contributed by atoms with Gasteiger partial charge in [-0.05, 0) is 77.0 Å². The van der Waals surface area contributed by atoms with E-state index in [1.54, 1.807) is 0 Å². The molecule has 1 N–H and O–H groups in total. The molecule has 276 valence electrons. The van der Waals surface area contributed by atoms with Crippen LogP contribution in [0.1, 0.15) is 181 Å². The van der Waals surface area contributed by atoms with Crippen LogP contribution in [0.3, 0.4) is 0 Å². The summed E-state index contributed by atoms with van der Waals surface area (Å²) in [5, 5.41) is 9.55. The Balaban J connectivity index is 3.67. The number of allylic oxidation sites excluding steroid dienone is 10. The summed E-state index contributed by atoms with van der Waals surface area (Å²) in [4.78, 5) is 24.2. The van der Waals surface area contributed by atoms with Gasteiger partial charge in [0.1, 0.15) is 6.61 Å². The third-order valence-corrected chi connectivity index (χ3v) is 8.28. The molecule has 0 amide bonds. The molecule has 1 atom stereocenters. The maximum atomic E-state index is 12.2. The Morgan fingerprint density at radius 1 is 0.479 bits per heavy atom. The Bertz CT molecular complexity index is 853. The van der Waals surface area contributed by atoms with E-state index in [0.29, 0.717) is 19.3 Å². The van der Waals surface area contributed by atoms with Crippen LogP contribution < -0.4 is 0 Å². The predicted octanol–water partition coefficient (Wildman–Crippen LogP) is 12.4. The van der Waals surface area contributed by atoms with Gasteiger partial charge in [-0.25, -0.2) is 0 Å². The standard InChI is InChI=1S/C43H74O5/c1-3-5-7-9-11-13-15-17-19-21-23-25-27-29-31-33-35-37-42(45)47-40-41(39-44)48-43(46)38-36-34-32-30-28-26-24-22-20-18-16-14-12-10-8-6-4-2/h11,13,17-20,23,25,29,31,41,44H,3-10,12,14-16,21-22,24,26-28,30,32-40H2,1-2H3. The van der Waals surface area contributed by atoms with Crippen LogP contribution in [0.15, 0.2) is 60.8 Å². The van der Waals surface area contributed by atoms with E-state index in [0.717, 1.165) is 44.9 Å². The van der Waals surface area contributed by atoms with Gasteiger partial charge in [0.05, 0.1) is 6.61 Å². The molecule has 0 aliphatic rings. The SMILES string of the molecule is CCCCCC=CCC=CCC=CCC=CCCCC(=O)OCC(CO)OC(=O)CCCCCCCCCC=CCCCCCCCC. The number of rotatable bonds is 35. The highest BCUT2D eigenvalue weighted by Gasteiger charge is 2.16. The van der Waals surface area contributed by atoms with Gasteiger partial charge in [0.15, 0.2) is 6.10 Å². The second kappa shape index (κ2) is 39.0. The quantitative estimate of drug-likeness (QED) is 0.0413. The lowest BCUT2D eigenvalue weighted by molar-refractivity contribution is -0.161. The number of hydrogen-bond acceptors (Lipinski definition) is 5. The molecule has 5 heteroatoms. The van der Waals surface area contributed by atoms with Gasteiger partial charge >= 0.3 is 11.9 Å². The zero-order valence-corrected chi connectivity index (χ0v) is 31.2. The predicted molar refractivity (Wildman–Crippen MR) is 205 cm³/mol. The van der Waals surface area contributed by atoms with Crippen molar-refractivity contribution in [3.63, 3.8) is 0 Å². The summed E-state index contributed by atoms with van der Waals surface area (Å²) in [7, 11) is 0. The molecule has 0 aliphatic carbocycles. The average Bonchev–Trinajstić information content (AvgIpc) is 3.09. The molecule has 0 aromatic carbocycles. The fourth-order valence-electron chi connectivity index (χ4n) is 5.25. The zero-order valence-electron chi connectivity index (χ0n) is 31.2. The van der Waals surface area contributed by atoms with E-state index < -0.39 is 6.10 Å². The fourth-order valence-corrected chi connectivity index (χ4v) is 5.25. The average molecular weight is 671 g/mol. The highest BCUT2D eigenvalue weighted by molar-refractivity contribution is 5.70. The lowest BCUT2D eigenvalue weighted by Gasteiger charge is -2.15. The molecule has 0 bridgehead atoms. The second-order valence-corrected chi connectivity index (χ2v) is 13.0. The maximum Gasteiger partial charge on any atom is 0.306 e. The van der Waals surface area contributed by atoms with Crippen molar-refractivity contribution in [1.82, 2.24) is 0 Å². The first-order valence-corrected chi connectivity index (χ1v) is 19.8. The van der Waals surface area contributed by atoms with Crippen molar-refractivity contribution < 1.29 is 24.2 Å². The molecule has 0 aromatic heterocycles. The van der Waals surface area contributed by atoms with Gasteiger partial charge < -0.3 is 14.6 Å². The van der Waals surface area contributed by atoms with E-state index in [2.05, 4.69) is 74.6 Å². The fraction of sp³-hybridized carbons (Fsp3) is 0.721. The number of hydrogen-bond donors (Lipinski definition) is 1.